The molecule has 0 saturated carbocycles. The van der Waals surface area contributed by atoms with Crippen molar-refractivity contribution in [1.82, 2.24) is 0 Å². The number of hydrogen-bond acceptors (Lipinski definition) is 3. The van der Waals surface area contributed by atoms with Gasteiger partial charge < -0.3 is 10.5 Å². The van der Waals surface area contributed by atoms with Crippen molar-refractivity contribution in [3.8, 4) is 5.75 Å². The number of nitrogens with two attached hydrogens (primary N) is 1. The first-order valence-corrected chi connectivity index (χ1v) is 7.40. The van der Waals surface area contributed by atoms with Gasteiger partial charge in [-0.3, -0.25) is 0 Å². The average Bonchev–Trinajstić information content (AvgIpc) is 2.77. The third-order valence-electron chi connectivity index (χ3n) is 2.71. The molecule has 96 valence electrons. The van der Waals surface area contributed by atoms with Gasteiger partial charge in [0.2, 0.25) is 0 Å². The molecule has 1 aromatic carbocycles. The van der Waals surface area contributed by atoms with Gasteiger partial charge in [-0.2, -0.15) is 0 Å². The highest BCUT2D eigenvalue weighted by Gasteiger charge is 2.14. The minimum atomic E-state index is -0.0725. The van der Waals surface area contributed by atoms with Gasteiger partial charge in [0.25, 0.3) is 0 Å². The highest BCUT2D eigenvalue weighted by atomic mass is 79.9. The number of benzene rings is 1. The number of hydrogen-bond donors (Lipinski definition) is 1. The Morgan fingerprint density at radius 3 is 2.67 bits per heavy atom. The molecule has 4 heteroatoms. The van der Waals surface area contributed by atoms with E-state index < -0.39 is 0 Å². The molecule has 2 N–H and O–H groups in total. The van der Waals surface area contributed by atoms with Gasteiger partial charge in [0.15, 0.2) is 0 Å². The summed E-state index contributed by atoms with van der Waals surface area (Å²) >= 11 is 5.19. The van der Waals surface area contributed by atoms with Gasteiger partial charge in [0, 0.05) is 20.8 Å². The maximum Gasteiger partial charge on any atom is 0.145 e. The molecule has 0 saturated heterocycles. The van der Waals surface area contributed by atoms with Crippen molar-refractivity contribution < 1.29 is 4.74 Å². The fourth-order valence-corrected chi connectivity index (χ4v) is 2.96. The lowest BCUT2D eigenvalue weighted by Gasteiger charge is -2.18. The van der Waals surface area contributed by atoms with Crippen molar-refractivity contribution in [3.63, 3.8) is 0 Å². The zero-order valence-corrected chi connectivity index (χ0v) is 12.8. The predicted molar refractivity (Wildman–Crippen MR) is 80.4 cm³/mol. The minimum absolute atomic E-state index is 0.0725. The zero-order chi connectivity index (χ0) is 13.1. The van der Waals surface area contributed by atoms with Gasteiger partial charge in [0.05, 0.1) is 0 Å². The Hall–Kier alpha value is -0.840. The van der Waals surface area contributed by atoms with E-state index in [-0.39, 0.29) is 6.10 Å². The van der Waals surface area contributed by atoms with Crippen LogP contribution in [-0.4, -0.2) is 6.54 Å². The fraction of sp³-hybridized carbons (Fsp3) is 0.286. The molecule has 0 aliphatic carbocycles. The Morgan fingerprint density at radius 1 is 1.28 bits per heavy atom. The summed E-state index contributed by atoms with van der Waals surface area (Å²) in [5.74, 6) is 0.880. The van der Waals surface area contributed by atoms with Crippen LogP contribution in [0, 0.1) is 13.8 Å². The predicted octanol–water partition coefficient (Wildman–Crippen LogP) is 4.21. The van der Waals surface area contributed by atoms with Gasteiger partial charge in [-0.15, -0.1) is 11.3 Å². The Morgan fingerprint density at radius 2 is 2.06 bits per heavy atom. The maximum absolute atomic E-state index is 6.03. The quantitative estimate of drug-likeness (QED) is 0.914. The van der Waals surface area contributed by atoms with Crippen LogP contribution in [0.5, 0.6) is 5.75 Å². The normalized spacial score (nSPS) is 12.4. The molecule has 18 heavy (non-hydrogen) atoms. The van der Waals surface area contributed by atoms with Gasteiger partial charge >= 0.3 is 0 Å². The standard InChI is InChI=1S/C14H16BrNOS/c1-9-3-5-11(15)7-12(9)17-13(8-16)14-6-4-10(2)18-14/h3-7,13H,8,16H2,1-2H3. The van der Waals surface area contributed by atoms with Crippen LogP contribution >= 0.6 is 27.3 Å². The molecule has 2 aromatic rings. The third-order valence-corrected chi connectivity index (χ3v) is 4.30. The zero-order valence-electron chi connectivity index (χ0n) is 10.4. The summed E-state index contributed by atoms with van der Waals surface area (Å²) in [6.07, 6.45) is -0.0725. The molecule has 0 aliphatic heterocycles. The van der Waals surface area contributed by atoms with E-state index in [1.807, 2.05) is 25.1 Å². The number of ether oxygens (including phenoxy) is 1. The summed E-state index contributed by atoms with van der Waals surface area (Å²) in [6, 6.07) is 10.2. The summed E-state index contributed by atoms with van der Waals surface area (Å²) in [5, 5.41) is 0. The maximum atomic E-state index is 6.03. The highest BCUT2D eigenvalue weighted by Crippen LogP contribution is 2.30. The largest absolute Gasteiger partial charge is 0.483 e. The van der Waals surface area contributed by atoms with Crippen LogP contribution in [0.3, 0.4) is 0 Å². The summed E-state index contributed by atoms with van der Waals surface area (Å²) in [5.41, 5.74) is 6.94. The summed E-state index contributed by atoms with van der Waals surface area (Å²) in [7, 11) is 0. The first-order valence-electron chi connectivity index (χ1n) is 5.79. The minimum Gasteiger partial charge on any atom is -0.483 e. The molecule has 1 heterocycles. The molecule has 0 fully saturated rings. The molecule has 1 atom stereocenters. The van der Waals surface area contributed by atoms with Gasteiger partial charge in [-0.05, 0) is 43.7 Å². The number of halogens is 1. The number of rotatable bonds is 4. The summed E-state index contributed by atoms with van der Waals surface area (Å²) in [6.45, 7) is 4.60. The van der Waals surface area contributed by atoms with Crippen molar-refractivity contribution >= 4 is 27.3 Å². The SMILES string of the molecule is Cc1ccc(C(CN)Oc2cc(Br)ccc2C)s1. The van der Waals surface area contributed by atoms with Crippen LogP contribution in [0.15, 0.2) is 34.8 Å². The Balaban J connectivity index is 2.22. The Labute approximate surface area is 120 Å². The van der Waals surface area contributed by atoms with E-state index in [2.05, 4.69) is 35.0 Å². The molecule has 2 rings (SSSR count). The molecule has 0 bridgehead atoms. The molecule has 0 amide bonds. The van der Waals surface area contributed by atoms with Gasteiger partial charge in [-0.1, -0.05) is 22.0 Å². The second kappa shape index (κ2) is 5.87. The fourth-order valence-electron chi connectivity index (χ4n) is 1.70. The third kappa shape index (κ3) is 3.13. The summed E-state index contributed by atoms with van der Waals surface area (Å²) in [4.78, 5) is 2.45. The smallest absolute Gasteiger partial charge is 0.145 e. The highest BCUT2D eigenvalue weighted by molar-refractivity contribution is 9.10. The van der Waals surface area contributed by atoms with Crippen LogP contribution < -0.4 is 10.5 Å². The first-order chi connectivity index (χ1) is 8.60. The monoisotopic (exact) mass is 325 g/mol. The molecule has 0 spiro atoms. The van der Waals surface area contributed by atoms with E-state index >= 15 is 0 Å². The van der Waals surface area contributed by atoms with Crippen molar-refractivity contribution in [2.75, 3.05) is 6.54 Å². The van der Waals surface area contributed by atoms with Crippen molar-refractivity contribution in [2.24, 2.45) is 5.73 Å². The number of aryl methyl sites for hydroxylation is 2. The molecular formula is C14H16BrNOS. The lowest BCUT2D eigenvalue weighted by Crippen LogP contribution is -2.17. The Kier molecular flexibility index (Phi) is 4.43. The van der Waals surface area contributed by atoms with Crippen LogP contribution in [0.2, 0.25) is 0 Å². The van der Waals surface area contributed by atoms with E-state index in [1.54, 1.807) is 11.3 Å². The molecule has 1 aromatic heterocycles. The molecular weight excluding hydrogens is 310 g/mol. The lowest BCUT2D eigenvalue weighted by molar-refractivity contribution is 0.216. The van der Waals surface area contributed by atoms with E-state index in [0.717, 1.165) is 15.8 Å². The van der Waals surface area contributed by atoms with Gasteiger partial charge in [0.1, 0.15) is 11.9 Å². The first kappa shape index (κ1) is 13.6. The molecule has 0 radical (unpaired) electrons. The second-order valence-corrected chi connectivity index (χ2v) is 6.44. The second-order valence-electron chi connectivity index (χ2n) is 4.20. The van der Waals surface area contributed by atoms with E-state index in [4.69, 9.17) is 10.5 Å². The van der Waals surface area contributed by atoms with E-state index in [9.17, 15) is 0 Å². The van der Waals surface area contributed by atoms with Crippen LogP contribution in [0.1, 0.15) is 21.4 Å². The van der Waals surface area contributed by atoms with Crippen molar-refractivity contribution in [3.05, 3.63) is 50.1 Å². The van der Waals surface area contributed by atoms with Crippen LogP contribution in [-0.2, 0) is 0 Å². The van der Waals surface area contributed by atoms with Gasteiger partial charge in [-0.25, -0.2) is 0 Å². The number of thiophene rings is 1. The average molecular weight is 326 g/mol. The van der Waals surface area contributed by atoms with Crippen molar-refractivity contribution in [1.29, 1.82) is 0 Å². The van der Waals surface area contributed by atoms with Crippen LogP contribution in [0.25, 0.3) is 0 Å². The Bertz CT molecular complexity index is 538. The summed E-state index contributed by atoms with van der Waals surface area (Å²) < 4.78 is 7.05. The molecule has 0 aliphatic rings. The van der Waals surface area contributed by atoms with Crippen molar-refractivity contribution in [2.45, 2.75) is 20.0 Å². The molecule has 2 nitrogen and oxygen atoms in total. The van der Waals surface area contributed by atoms with Crippen LogP contribution in [0.4, 0.5) is 0 Å². The molecule has 1 unspecified atom stereocenters. The topological polar surface area (TPSA) is 35.2 Å². The lowest BCUT2D eigenvalue weighted by atomic mass is 10.2. The van der Waals surface area contributed by atoms with E-state index in [1.165, 1.54) is 9.75 Å². The van der Waals surface area contributed by atoms with E-state index in [0.29, 0.717) is 6.54 Å².